The largest absolute Gasteiger partial charge is 0.451 e. The minimum atomic E-state index is -3.79. The van der Waals surface area contributed by atoms with E-state index in [1.165, 1.54) is 29.7 Å². The molecule has 1 atom stereocenters. The van der Waals surface area contributed by atoms with Crippen molar-refractivity contribution < 1.29 is 42.5 Å². The van der Waals surface area contributed by atoms with Crippen LogP contribution in [-0.4, -0.2) is 119 Å². The molecule has 0 amide bonds. The van der Waals surface area contributed by atoms with Gasteiger partial charge in [-0.15, -0.1) is 20.4 Å². The molecule has 1 aliphatic heterocycles. The predicted molar refractivity (Wildman–Crippen MR) is 294 cm³/mol. The number of carbonyl (C=O) groups excluding carboxylic acids is 3. The number of azo groups is 1. The summed E-state index contributed by atoms with van der Waals surface area (Å²) in [5.74, 6) is 6.01. The van der Waals surface area contributed by atoms with Crippen molar-refractivity contribution in [3.63, 3.8) is 0 Å². The summed E-state index contributed by atoms with van der Waals surface area (Å²) in [4.78, 5) is 54.2. The van der Waals surface area contributed by atoms with Crippen LogP contribution in [0.25, 0.3) is 0 Å². The maximum atomic E-state index is 10.8. The quantitative estimate of drug-likeness (QED) is 0.0977. The minimum Gasteiger partial charge on any atom is -0.451 e. The summed E-state index contributed by atoms with van der Waals surface area (Å²) in [5, 5.41) is 38.9. The van der Waals surface area contributed by atoms with Crippen molar-refractivity contribution >= 4 is 53.4 Å². The Morgan fingerprint density at radius 3 is 1.39 bits per heavy atom. The number of aromatic nitrogens is 8. The number of aliphatic imine (C=N–C) groups is 1. The van der Waals surface area contributed by atoms with Gasteiger partial charge in [-0.1, -0.05) is 152 Å². The average Bonchev–Trinajstić information content (AvgIpc) is 3.79. The number of hydrogen-bond donors (Lipinski definition) is 4. The Morgan fingerprint density at radius 1 is 0.718 bits per heavy atom. The Balaban J connectivity index is -0.000000238. The van der Waals surface area contributed by atoms with Gasteiger partial charge in [0.25, 0.3) is 6.92 Å². The van der Waals surface area contributed by atoms with Gasteiger partial charge in [0.05, 0.1) is 16.0 Å². The molecule has 2 aromatic rings. The number of nitrogens with zero attached hydrogens (tertiary/aromatic N) is 11. The molecule has 0 aliphatic carbocycles. The van der Waals surface area contributed by atoms with Crippen LogP contribution in [0.15, 0.2) is 15.2 Å². The summed E-state index contributed by atoms with van der Waals surface area (Å²) in [5.41, 5.74) is 0.485. The van der Waals surface area contributed by atoms with Gasteiger partial charge >= 0.3 is 7.60 Å². The van der Waals surface area contributed by atoms with Gasteiger partial charge in [-0.2, -0.15) is 9.91 Å². The van der Waals surface area contributed by atoms with Crippen molar-refractivity contribution in [2.45, 2.75) is 218 Å². The van der Waals surface area contributed by atoms with E-state index in [4.69, 9.17) is 19.4 Å². The molecule has 0 fully saturated rings. The standard InChI is InChI=1S/C9H16N4O.C7H13N3.C7H14O.C6H15BO.C6H14O2S.C5H8N4O.C5H13O3P.C3H8/c1-7(14)6-13-11-8(10-12-13)5-9(2,3)4;1-7(2,3)4-6-8-5-9-10-6;1-6(8)5-7(2,3)4;1-6(2,3)5-7(4)8;1-6(2,3)5-9(4,7)8;1-4(10)3-9-5(2)6-7-8-9;1-5(2,3)4-9(6,7)8;1-3-2/h5-6H2,1-4H3;4-5H2,1-3H3;5H2,1-4H3;8H,5H2,1-4H3;4-5H2,1-3H3,(H,7,8);3H2,1-2H3;4H2,1-3H3,(H2,6,7,8);3H2,1-2H3. The van der Waals surface area contributed by atoms with Crippen LogP contribution in [-0.2, 0) is 48.3 Å². The summed E-state index contributed by atoms with van der Waals surface area (Å²) in [6.07, 6.45) is 4.47. The van der Waals surface area contributed by atoms with Crippen molar-refractivity contribution in [1.82, 2.24) is 40.4 Å². The summed E-state index contributed by atoms with van der Waals surface area (Å²) in [7, 11) is -6.57. The fourth-order valence-electron chi connectivity index (χ4n) is 5.45. The van der Waals surface area contributed by atoms with Crippen LogP contribution in [0.3, 0.4) is 0 Å². The Bertz CT molecular complexity index is 2010. The van der Waals surface area contributed by atoms with Crippen LogP contribution in [0.4, 0.5) is 0 Å². The van der Waals surface area contributed by atoms with Crippen molar-refractivity contribution in [3.05, 3.63) is 11.6 Å². The van der Waals surface area contributed by atoms with Crippen molar-refractivity contribution in [1.29, 1.82) is 0 Å². The lowest BCUT2D eigenvalue weighted by molar-refractivity contribution is -0.119. The molecule has 23 heteroatoms. The van der Waals surface area contributed by atoms with E-state index in [2.05, 4.69) is 149 Å². The highest BCUT2D eigenvalue weighted by Crippen LogP contribution is 2.41. The van der Waals surface area contributed by atoms with Gasteiger partial charge in [0.1, 0.15) is 30.5 Å². The Kier molecular flexibility index (Phi) is 37.6. The first-order chi connectivity index (χ1) is 31.3. The van der Waals surface area contributed by atoms with Crippen LogP contribution in [0.2, 0.25) is 13.1 Å². The lowest BCUT2D eigenvalue weighted by Gasteiger charge is -2.17. The average molecular weight is 1050 g/mol. The van der Waals surface area contributed by atoms with E-state index < -0.39 is 17.4 Å². The third-order valence-electron chi connectivity index (χ3n) is 6.85. The number of Topliss-reactive ketones (excluding diaryl/α,β-unsaturated/α-hetero) is 3. The fraction of sp³-hybridized carbons (Fsp3) is 0.854. The molecule has 0 saturated heterocycles. The molecule has 0 saturated carbocycles. The summed E-state index contributed by atoms with van der Waals surface area (Å²) in [6, 6.07) is 0. The van der Waals surface area contributed by atoms with Crippen LogP contribution in [0, 0.1) is 39.4 Å². The van der Waals surface area contributed by atoms with E-state index in [1.807, 2.05) is 27.6 Å². The van der Waals surface area contributed by atoms with E-state index >= 15 is 0 Å². The van der Waals surface area contributed by atoms with Gasteiger partial charge < -0.3 is 24.2 Å². The molecule has 0 spiro atoms. The lowest BCUT2D eigenvalue weighted by Crippen LogP contribution is -2.19. The molecular formula is C48H101BN11O9PS. The smallest absolute Gasteiger partial charge is 0.326 e. The first-order valence-corrected chi connectivity index (χ1v) is 27.6. The molecule has 20 nitrogen and oxygen atoms in total. The fourth-order valence-corrected chi connectivity index (χ4v) is 8.03. The molecule has 4 N–H and O–H groups in total. The van der Waals surface area contributed by atoms with E-state index in [0.717, 1.165) is 25.0 Å². The second-order valence-electron chi connectivity index (χ2n) is 25.1. The van der Waals surface area contributed by atoms with Gasteiger partial charge in [-0.05, 0) is 88.0 Å². The molecule has 0 aromatic carbocycles. The lowest BCUT2D eigenvalue weighted by atomic mass is 9.60. The topological polar surface area (TPSA) is 291 Å². The Labute approximate surface area is 430 Å². The third kappa shape index (κ3) is 70.9. The van der Waals surface area contributed by atoms with Gasteiger partial charge in [0.15, 0.2) is 24.1 Å². The van der Waals surface area contributed by atoms with Crippen LogP contribution in [0.1, 0.15) is 190 Å². The normalized spacial score (nSPS) is 13.2. The molecular weight excluding hydrogens is 948 g/mol. The first kappa shape index (κ1) is 76.5. The van der Waals surface area contributed by atoms with Gasteiger partial charge in [0, 0.05) is 25.0 Å². The molecule has 1 aliphatic rings. The highest BCUT2D eigenvalue weighted by Gasteiger charge is 2.23. The molecule has 0 radical (unpaired) electrons. The zero-order valence-electron chi connectivity index (χ0n) is 49.0. The SMILES string of the molecule is C=S(=O)(O)CC(C)(C)C.CB(O)CC(C)(C)C.CC(=O)CC(C)(C)C.CC(=O)Cn1nnc(CC(C)(C)C)n1.CC(=O)Cn1nnnc1C.CC(C)(C)CC1=NCN=N1.CC(C)(C)CP(=O)(O)O.CCC. The molecule has 3 rings (SSSR count). The zero-order valence-corrected chi connectivity index (χ0v) is 50.7. The van der Waals surface area contributed by atoms with Crippen molar-refractivity contribution in [3.8, 4) is 0 Å². The number of tetrazole rings is 2. The van der Waals surface area contributed by atoms with Gasteiger partial charge in [0.2, 0.25) is 0 Å². The van der Waals surface area contributed by atoms with Crippen LogP contribution >= 0.6 is 7.60 Å². The summed E-state index contributed by atoms with van der Waals surface area (Å²) < 4.78 is 31.2. The second kappa shape index (κ2) is 34.9. The molecule has 416 valence electrons. The Hall–Kier alpha value is -3.43. The maximum absolute atomic E-state index is 10.8. The van der Waals surface area contributed by atoms with Gasteiger partial charge in [-0.25, -0.2) is 13.9 Å². The molecule has 0 bridgehead atoms. The maximum Gasteiger partial charge on any atom is 0.326 e. The number of amidine groups is 1. The second-order valence-corrected chi connectivity index (χ2v) is 28.6. The molecule has 2 aromatic heterocycles. The number of rotatable bonds is 10. The first-order valence-electron chi connectivity index (χ1n) is 24.0. The van der Waals surface area contributed by atoms with E-state index in [9.17, 15) is 23.2 Å². The van der Waals surface area contributed by atoms with Crippen LogP contribution < -0.4 is 0 Å². The van der Waals surface area contributed by atoms with E-state index in [1.54, 1.807) is 34.6 Å². The van der Waals surface area contributed by atoms with E-state index in [-0.39, 0.29) is 81.8 Å². The van der Waals surface area contributed by atoms with Crippen LogP contribution in [0.5, 0.6) is 0 Å². The predicted octanol–water partition coefficient (Wildman–Crippen LogP) is 10.2. The highest BCUT2D eigenvalue weighted by atomic mass is 32.2. The number of ketones is 3. The molecule has 71 heavy (non-hydrogen) atoms. The third-order valence-corrected chi connectivity index (χ3v) is 9.52. The zero-order chi connectivity index (χ0) is 57.6. The van der Waals surface area contributed by atoms with Gasteiger partial charge in [-0.3, -0.25) is 14.2 Å². The number of hydrogen-bond acceptors (Lipinski definition) is 15. The monoisotopic (exact) mass is 1050 g/mol. The van der Waals surface area contributed by atoms with Crippen molar-refractivity contribution in [2.24, 2.45) is 47.7 Å². The molecule has 3 heterocycles. The number of aryl methyl sites for hydroxylation is 1. The van der Waals surface area contributed by atoms with E-state index in [0.29, 0.717) is 24.7 Å². The highest BCUT2D eigenvalue weighted by molar-refractivity contribution is 7.95. The Morgan fingerprint density at radius 2 is 1.18 bits per heavy atom. The number of carbonyl (C=O) groups is 3. The summed E-state index contributed by atoms with van der Waals surface area (Å²) >= 11 is 0. The summed E-state index contributed by atoms with van der Waals surface area (Å²) in [6.45, 7) is 49.8. The molecule has 1 unspecified atom stereocenters. The van der Waals surface area contributed by atoms with Crippen molar-refractivity contribution in [2.75, 3.05) is 18.6 Å². The minimum absolute atomic E-state index is 0.0321.